The Bertz CT molecular complexity index is 1650. The van der Waals surface area contributed by atoms with E-state index in [9.17, 15) is 18.3 Å². The number of hydrogen-bond acceptors (Lipinski definition) is 7. The largest absolute Gasteiger partial charge is 0.493 e. The van der Waals surface area contributed by atoms with Gasteiger partial charge >= 0.3 is 0 Å². The minimum absolute atomic E-state index is 0.0651. The van der Waals surface area contributed by atoms with Gasteiger partial charge in [-0.2, -0.15) is 0 Å². The van der Waals surface area contributed by atoms with Crippen molar-refractivity contribution in [2.45, 2.75) is 18.7 Å². The number of ether oxygens (including phenoxy) is 2. The lowest BCUT2D eigenvalue weighted by Crippen LogP contribution is -2.35. The second kappa shape index (κ2) is 10.8. The first-order valence-corrected chi connectivity index (χ1v) is 13.5. The molecule has 0 aliphatic rings. The maximum atomic E-state index is 13.8. The minimum Gasteiger partial charge on any atom is -0.493 e. The van der Waals surface area contributed by atoms with Crippen molar-refractivity contribution in [2.75, 3.05) is 25.1 Å². The molecule has 0 saturated heterocycles. The molecule has 0 atom stereocenters. The summed E-state index contributed by atoms with van der Waals surface area (Å²) in [5.41, 5.74) is 2.59. The number of benzene rings is 3. The number of aryl methyl sites for hydroxylation is 2. The summed E-state index contributed by atoms with van der Waals surface area (Å²) in [7, 11) is -1.40. The molecule has 2 N–H and O–H groups in total. The number of halogens is 1. The van der Waals surface area contributed by atoms with Crippen LogP contribution in [0.3, 0.4) is 0 Å². The Balaban J connectivity index is 1.74. The second-order valence-electron chi connectivity index (χ2n) is 8.48. The molecule has 1 heterocycles. The van der Waals surface area contributed by atoms with Gasteiger partial charge in [0, 0.05) is 15.9 Å². The van der Waals surface area contributed by atoms with Gasteiger partial charge in [-0.25, -0.2) is 8.42 Å². The van der Waals surface area contributed by atoms with E-state index in [2.05, 4.69) is 31.1 Å². The van der Waals surface area contributed by atoms with Gasteiger partial charge in [-0.1, -0.05) is 22.0 Å². The highest BCUT2D eigenvalue weighted by Gasteiger charge is 2.29. The first-order chi connectivity index (χ1) is 18.0. The van der Waals surface area contributed by atoms with Gasteiger partial charge in [0.05, 0.1) is 30.3 Å². The molecule has 38 heavy (non-hydrogen) atoms. The fourth-order valence-corrected chi connectivity index (χ4v) is 5.79. The first kappa shape index (κ1) is 27.1. The van der Waals surface area contributed by atoms with Crippen LogP contribution in [-0.2, 0) is 14.8 Å². The van der Waals surface area contributed by atoms with Crippen LogP contribution in [-0.4, -0.2) is 45.2 Å². The van der Waals surface area contributed by atoms with Crippen LogP contribution in [0.2, 0.25) is 0 Å². The molecule has 0 fully saturated rings. The number of hydrogen-bond donors (Lipinski definition) is 2. The molecule has 0 unspecified atom stereocenters. The zero-order valence-corrected chi connectivity index (χ0v) is 23.4. The number of rotatable bonds is 8. The molecule has 0 saturated carbocycles. The standard InChI is InChI=1S/C26H25BrN4O6S/c1-15-9-16(2)11-18(10-15)31(38(34,35)19-6-8-22(36-3)23(13-19)37-4)14-24(32)29-30-25-20-12-17(27)5-7-21(20)28-26(25)33/h5-13,28,33H,14H2,1-4H3. The predicted molar refractivity (Wildman–Crippen MR) is 147 cm³/mol. The number of aromatic amines is 1. The van der Waals surface area contributed by atoms with Crippen molar-refractivity contribution in [1.82, 2.24) is 4.98 Å². The van der Waals surface area contributed by atoms with Crippen LogP contribution in [0.5, 0.6) is 17.4 Å². The highest BCUT2D eigenvalue weighted by atomic mass is 79.9. The number of nitrogens with one attached hydrogen (secondary N) is 1. The Morgan fingerprint density at radius 2 is 1.68 bits per heavy atom. The third-order valence-electron chi connectivity index (χ3n) is 5.69. The van der Waals surface area contributed by atoms with Crippen molar-refractivity contribution in [3.05, 3.63) is 70.2 Å². The number of methoxy groups -OCH3 is 2. The number of carbonyl (C=O) groups excluding carboxylic acids is 1. The molecule has 1 amide bonds. The van der Waals surface area contributed by atoms with E-state index in [-0.39, 0.29) is 22.2 Å². The van der Waals surface area contributed by atoms with E-state index in [1.807, 2.05) is 19.9 Å². The molecular formula is C26H25BrN4O6S. The van der Waals surface area contributed by atoms with E-state index >= 15 is 0 Å². The molecule has 4 aromatic rings. The maximum Gasteiger partial charge on any atom is 0.285 e. The number of H-pyrrole nitrogens is 1. The van der Waals surface area contributed by atoms with Gasteiger partial charge < -0.3 is 19.6 Å². The molecular weight excluding hydrogens is 576 g/mol. The Kier molecular flexibility index (Phi) is 7.74. The highest BCUT2D eigenvalue weighted by Crippen LogP contribution is 2.37. The average molecular weight is 601 g/mol. The van der Waals surface area contributed by atoms with Crippen LogP contribution in [0, 0.1) is 13.8 Å². The average Bonchev–Trinajstić information content (AvgIpc) is 3.18. The van der Waals surface area contributed by atoms with Gasteiger partial charge in [-0.05, 0) is 67.4 Å². The summed E-state index contributed by atoms with van der Waals surface area (Å²) in [6.45, 7) is 3.03. The van der Waals surface area contributed by atoms with E-state index < -0.39 is 22.5 Å². The summed E-state index contributed by atoms with van der Waals surface area (Å²) in [5.74, 6) is -0.517. The number of carbonyl (C=O) groups is 1. The van der Waals surface area contributed by atoms with Gasteiger partial charge in [-0.15, -0.1) is 10.2 Å². The Morgan fingerprint density at radius 1 is 1.00 bits per heavy atom. The van der Waals surface area contributed by atoms with E-state index in [0.29, 0.717) is 22.3 Å². The zero-order valence-electron chi connectivity index (χ0n) is 21.0. The van der Waals surface area contributed by atoms with E-state index in [1.54, 1.807) is 30.3 Å². The number of aromatic nitrogens is 1. The van der Waals surface area contributed by atoms with Gasteiger partial charge in [0.2, 0.25) is 5.88 Å². The minimum atomic E-state index is -4.25. The third kappa shape index (κ3) is 5.50. The number of sulfonamides is 1. The lowest BCUT2D eigenvalue weighted by molar-refractivity contribution is -0.116. The molecule has 0 aliphatic heterocycles. The summed E-state index contributed by atoms with van der Waals surface area (Å²) in [4.78, 5) is 15.7. The number of anilines is 1. The molecule has 0 aliphatic carbocycles. The molecule has 0 spiro atoms. The van der Waals surface area contributed by atoms with Crippen molar-refractivity contribution >= 4 is 54.1 Å². The Labute approximate surface area is 228 Å². The van der Waals surface area contributed by atoms with Gasteiger partial charge in [0.25, 0.3) is 15.9 Å². The molecule has 4 rings (SSSR count). The van der Waals surface area contributed by atoms with Crippen LogP contribution >= 0.6 is 15.9 Å². The van der Waals surface area contributed by atoms with Crippen LogP contribution in [0.1, 0.15) is 11.1 Å². The van der Waals surface area contributed by atoms with Crippen LogP contribution in [0.25, 0.3) is 10.9 Å². The second-order valence-corrected chi connectivity index (χ2v) is 11.3. The third-order valence-corrected chi connectivity index (χ3v) is 7.96. The lowest BCUT2D eigenvalue weighted by atomic mass is 10.1. The lowest BCUT2D eigenvalue weighted by Gasteiger charge is -2.24. The monoisotopic (exact) mass is 600 g/mol. The number of nitrogens with zero attached hydrogens (tertiary/aromatic N) is 3. The number of azo groups is 1. The highest BCUT2D eigenvalue weighted by molar-refractivity contribution is 9.10. The topological polar surface area (TPSA) is 134 Å². The van der Waals surface area contributed by atoms with Gasteiger partial charge in [-0.3, -0.25) is 9.10 Å². The van der Waals surface area contributed by atoms with Crippen LogP contribution in [0.15, 0.2) is 74.2 Å². The summed E-state index contributed by atoms with van der Waals surface area (Å²) in [6, 6.07) is 14.6. The smallest absolute Gasteiger partial charge is 0.285 e. The molecule has 0 radical (unpaired) electrons. The van der Waals surface area contributed by atoms with Crippen LogP contribution < -0.4 is 13.8 Å². The number of amides is 1. The quantitative estimate of drug-likeness (QED) is 0.246. The maximum absolute atomic E-state index is 13.8. The first-order valence-electron chi connectivity index (χ1n) is 11.3. The van der Waals surface area contributed by atoms with E-state index in [4.69, 9.17) is 9.47 Å². The molecule has 1 aromatic heterocycles. The normalized spacial score (nSPS) is 11.7. The summed E-state index contributed by atoms with van der Waals surface area (Å²) < 4.78 is 39.8. The summed E-state index contributed by atoms with van der Waals surface area (Å²) >= 11 is 3.36. The predicted octanol–water partition coefficient (Wildman–Crippen LogP) is 5.78. The van der Waals surface area contributed by atoms with Crippen molar-refractivity contribution in [2.24, 2.45) is 10.2 Å². The molecule has 3 aromatic carbocycles. The van der Waals surface area contributed by atoms with Gasteiger partial charge in [0.15, 0.2) is 17.2 Å². The fraction of sp³-hybridized carbons (Fsp3) is 0.192. The number of fused-ring (bicyclic) bond motifs is 1. The van der Waals surface area contributed by atoms with E-state index in [1.165, 1.54) is 32.4 Å². The molecule has 198 valence electrons. The Hall–Kier alpha value is -3.90. The Morgan fingerprint density at radius 3 is 2.34 bits per heavy atom. The number of aromatic hydroxyl groups is 1. The SMILES string of the molecule is COc1ccc(S(=O)(=O)N(CC(=O)N=Nc2c(O)[nH]c3ccc(Br)cc23)c2cc(C)cc(C)c2)cc1OC. The van der Waals surface area contributed by atoms with Crippen molar-refractivity contribution in [3.8, 4) is 17.4 Å². The molecule has 10 nitrogen and oxygen atoms in total. The molecule has 0 bridgehead atoms. The van der Waals surface area contributed by atoms with Crippen molar-refractivity contribution < 1.29 is 27.8 Å². The van der Waals surface area contributed by atoms with Crippen molar-refractivity contribution in [1.29, 1.82) is 0 Å². The van der Waals surface area contributed by atoms with E-state index in [0.717, 1.165) is 19.9 Å². The summed E-state index contributed by atoms with van der Waals surface area (Å²) in [5, 5.41) is 18.5. The van der Waals surface area contributed by atoms with Crippen molar-refractivity contribution in [3.63, 3.8) is 0 Å². The summed E-state index contributed by atoms with van der Waals surface area (Å²) in [6.07, 6.45) is 0. The zero-order chi connectivity index (χ0) is 27.6. The van der Waals surface area contributed by atoms with Gasteiger partial charge in [0.1, 0.15) is 6.54 Å². The molecule has 12 heteroatoms. The van der Waals surface area contributed by atoms with Crippen LogP contribution in [0.4, 0.5) is 11.4 Å². The fourth-order valence-electron chi connectivity index (χ4n) is 4.01.